The van der Waals surface area contributed by atoms with Crippen LogP contribution in [0.4, 0.5) is 0 Å². The highest BCUT2D eigenvalue weighted by Crippen LogP contribution is 2.39. The molecular formula is C18H32N2S. The van der Waals surface area contributed by atoms with Crippen molar-refractivity contribution in [1.82, 2.24) is 10.3 Å². The fraction of sp³-hybridized carbons (Fsp3) is 0.833. The fourth-order valence-electron chi connectivity index (χ4n) is 3.37. The summed E-state index contributed by atoms with van der Waals surface area (Å²) >= 11 is 1.96. The SMILES string of the molecule is CCCC1CCC(c2nc(C)c(CNCC(C)C)s2)CC1. The van der Waals surface area contributed by atoms with E-state index in [1.807, 2.05) is 11.3 Å². The quantitative estimate of drug-likeness (QED) is 0.742. The van der Waals surface area contributed by atoms with E-state index in [0.717, 1.165) is 24.9 Å². The first-order chi connectivity index (χ1) is 10.1. The van der Waals surface area contributed by atoms with Gasteiger partial charge in [0.2, 0.25) is 0 Å². The van der Waals surface area contributed by atoms with E-state index in [0.29, 0.717) is 5.92 Å². The van der Waals surface area contributed by atoms with Gasteiger partial charge in [0.05, 0.1) is 10.7 Å². The lowest BCUT2D eigenvalue weighted by Crippen LogP contribution is -2.18. The highest BCUT2D eigenvalue weighted by molar-refractivity contribution is 7.11. The van der Waals surface area contributed by atoms with Gasteiger partial charge in [-0.1, -0.05) is 33.6 Å². The van der Waals surface area contributed by atoms with Crippen molar-refractivity contribution in [1.29, 1.82) is 0 Å². The monoisotopic (exact) mass is 308 g/mol. The molecular weight excluding hydrogens is 276 g/mol. The average molecular weight is 309 g/mol. The Bertz CT molecular complexity index is 417. The van der Waals surface area contributed by atoms with Gasteiger partial charge in [0.15, 0.2) is 0 Å². The number of nitrogens with zero attached hydrogens (tertiary/aromatic N) is 1. The molecule has 120 valence electrons. The van der Waals surface area contributed by atoms with Gasteiger partial charge in [0.25, 0.3) is 0 Å². The van der Waals surface area contributed by atoms with Gasteiger partial charge < -0.3 is 5.32 Å². The zero-order valence-electron chi connectivity index (χ0n) is 14.2. The molecule has 1 aromatic rings. The summed E-state index contributed by atoms with van der Waals surface area (Å²) in [4.78, 5) is 6.33. The summed E-state index contributed by atoms with van der Waals surface area (Å²) in [5.41, 5.74) is 1.25. The van der Waals surface area contributed by atoms with Crippen LogP contribution in [0.3, 0.4) is 0 Å². The summed E-state index contributed by atoms with van der Waals surface area (Å²) < 4.78 is 0. The highest BCUT2D eigenvalue weighted by atomic mass is 32.1. The largest absolute Gasteiger partial charge is 0.312 e. The third-order valence-electron chi connectivity index (χ3n) is 4.64. The van der Waals surface area contributed by atoms with Crippen LogP contribution in [0.2, 0.25) is 0 Å². The van der Waals surface area contributed by atoms with Crippen LogP contribution in [0.5, 0.6) is 0 Å². The Morgan fingerprint density at radius 3 is 2.57 bits per heavy atom. The maximum atomic E-state index is 4.88. The lowest BCUT2D eigenvalue weighted by molar-refractivity contribution is 0.308. The first-order valence-corrected chi connectivity index (χ1v) is 9.58. The highest BCUT2D eigenvalue weighted by Gasteiger charge is 2.24. The molecule has 0 saturated heterocycles. The van der Waals surface area contributed by atoms with Crippen molar-refractivity contribution < 1.29 is 0 Å². The maximum absolute atomic E-state index is 4.88. The maximum Gasteiger partial charge on any atom is 0.0962 e. The summed E-state index contributed by atoms with van der Waals surface area (Å²) in [7, 11) is 0. The van der Waals surface area contributed by atoms with E-state index >= 15 is 0 Å². The average Bonchev–Trinajstić information content (AvgIpc) is 2.81. The third-order valence-corrected chi connectivity index (χ3v) is 5.96. The summed E-state index contributed by atoms with van der Waals surface area (Å²) in [6.07, 6.45) is 8.31. The van der Waals surface area contributed by atoms with Crippen LogP contribution in [0.1, 0.15) is 80.8 Å². The molecule has 0 aromatic carbocycles. The molecule has 0 atom stereocenters. The number of nitrogens with one attached hydrogen (secondary N) is 1. The van der Waals surface area contributed by atoms with Crippen molar-refractivity contribution in [2.75, 3.05) is 6.54 Å². The number of aryl methyl sites for hydroxylation is 1. The smallest absolute Gasteiger partial charge is 0.0962 e. The predicted molar refractivity (Wildman–Crippen MR) is 93.0 cm³/mol. The molecule has 1 aromatic heterocycles. The fourth-order valence-corrected chi connectivity index (χ4v) is 4.57. The number of hydrogen-bond acceptors (Lipinski definition) is 3. The summed E-state index contributed by atoms with van der Waals surface area (Å²) in [5, 5.41) is 4.96. The van der Waals surface area contributed by atoms with Crippen LogP contribution in [0.25, 0.3) is 0 Å². The third kappa shape index (κ3) is 5.07. The van der Waals surface area contributed by atoms with Gasteiger partial charge >= 0.3 is 0 Å². The van der Waals surface area contributed by atoms with Gasteiger partial charge in [-0.3, -0.25) is 0 Å². The van der Waals surface area contributed by atoms with Gasteiger partial charge in [-0.15, -0.1) is 11.3 Å². The molecule has 21 heavy (non-hydrogen) atoms. The lowest BCUT2D eigenvalue weighted by Gasteiger charge is -2.26. The molecule has 0 amide bonds. The predicted octanol–water partition coefficient (Wildman–Crippen LogP) is 5.27. The van der Waals surface area contributed by atoms with E-state index in [1.165, 1.54) is 54.1 Å². The molecule has 1 saturated carbocycles. The number of rotatable bonds is 7. The minimum atomic E-state index is 0.714. The van der Waals surface area contributed by atoms with E-state index in [9.17, 15) is 0 Å². The minimum Gasteiger partial charge on any atom is -0.312 e. The molecule has 1 fully saturated rings. The van der Waals surface area contributed by atoms with Crippen molar-refractivity contribution >= 4 is 11.3 Å². The molecule has 1 N–H and O–H groups in total. The van der Waals surface area contributed by atoms with E-state index in [4.69, 9.17) is 4.98 Å². The first kappa shape index (κ1) is 17.0. The molecule has 0 radical (unpaired) electrons. The van der Waals surface area contributed by atoms with Crippen LogP contribution in [0.15, 0.2) is 0 Å². The number of hydrogen-bond donors (Lipinski definition) is 1. The minimum absolute atomic E-state index is 0.714. The molecule has 0 aliphatic heterocycles. The Morgan fingerprint density at radius 1 is 1.24 bits per heavy atom. The first-order valence-electron chi connectivity index (χ1n) is 8.77. The van der Waals surface area contributed by atoms with Crippen LogP contribution in [0, 0.1) is 18.8 Å². The second-order valence-electron chi connectivity index (χ2n) is 7.09. The standard InChI is InChI=1S/C18H32N2S/c1-5-6-15-7-9-16(10-8-15)18-20-14(4)17(21-18)12-19-11-13(2)3/h13,15-16,19H,5-12H2,1-4H3. The van der Waals surface area contributed by atoms with E-state index < -0.39 is 0 Å². The van der Waals surface area contributed by atoms with Crippen molar-refractivity contribution in [2.24, 2.45) is 11.8 Å². The van der Waals surface area contributed by atoms with E-state index in [-0.39, 0.29) is 0 Å². The normalized spacial score (nSPS) is 22.9. The Balaban J connectivity index is 1.87. The summed E-state index contributed by atoms with van der Waals surface area (Å²) in [5.74, 6) is 2.44. The van der Waals surface area contributed by atoms with Gasteiger partial charge in [0, 0.05) is 17.3 Å². The Morgan fingerprint density at radius 2 is 1.95 bits per heavy atom. The Labute approximate surface area is 134 Å². The molecule has 0 bridgehead atoms. The molecule has 3 heteroatoms. The molecule has 1 aliphatic rings. The second kappa shape index (κ2) is 8.28. The second-order valence-corrected chi connectivity index (χ2v) is 8.21. The van der Waals surface area contributed by atoms with Crippen molar-refractivity contribution in [3.63, 3.8) is 0 Å². The van der Waals surface area contributed by atoms with Gasteiger partial charge in [-0.25, -0.2) is 4.98 Å². The molecule has 0 unspecified atom stereocenters. The van der Waals surface area contributed by atoms with Crippen LogP contribution in [-0.2, 0) is 6.54 Å². The molecule has 1 aliphatic carbocycles. The van der Waals surface area contributed by atoms with Gasteiger partial charge in [0.1, 0.15) is 0 Å². The number of thiazole rings is 1. The van der Waals surface area contributed by atoms with Crippen LogP contribution >= 0.6 is 11.3 Å². The summed E-state index contributed by atoms with van der Waals surface area (Å²) in [6, 6.07) is 0. The molecule has 2 rings (SSSR count). The van der Waals surface area contributed by atoms with E-state index in [2.05, 4.69) is 33.0 Å². The Hall–Kier alpha value is -0.410. The van der Waals surface area contributed by atoms with Crippen LogP contribution < -0.4 is 5.32 Å². The molecule has 1 heterocycles. The summed E-state index contributed by atoms with van der Waals surface area (Å²) in [6.45, 7) is 11.1. The molecule has 2 nitrogen and oxygen atoms in total. The van der Waals surface area contributed by atoms with E-state index in [1.54, 1.807) is 0 Å². The van der Waals surface area contributed by atoms with Crippen molar-refractivity contribution in [2.45, 2.75) is 78.7 Å². The van der Waals surface area contributed by atoms with Gasteiger partial charge in [-0.2, -0.15) is 0 Å². The number of aromatic nitrogens is 1. The van der Waals surface area contributed by atoms with Crippen LogP contribution in [-0.4, -0.2) is 11.5 Å². The topological polar surface area (TPSA) is 24.9 Å². The zero-order valence-corrected chi connectivity index (χ0v) is 15.1. The lowest BCUT2D eigenvalue weighted by atomic mass is 9.80. The molecule has 0 spiro atoms. The van der Waals surface area contributed by atoms with Crippen molar-refractivity contribution in [3.8, 4) is 0 Å². The van der Waals surface area contributed by atoms with Gasteiger partial charge in [-0.05, 0) is 51.0 Å². The zero-order chi connectivity index (χ0) is 15.2. The van der Waals surface area contributed by atoms with Crippen molar-refractivity contribution in [3.05, 3.63) is 15.6 Å². The Kier molecular flexibility index (Phi) is 6.69.